The van der Waals surface area contributed by atoms with Gasteiger partial charge >= 0.3 is 0 Å². The van der Waals surface area contributed by atoms with Gasteiger partial charge in [-0.25, -0.2) is 0 Å². The summed E-state index contributed by atoms with van der Waals surface area (Å²) in [4.78, 5) is 33.3. The molecule has 16 heavy (non-hydrogen) atoms. The predicted octanol–water partition coefficient (Wildman–Crippen LogP) is -0.00520. The Morgan fingerprint density at radius 2 is 2.31 bits per heavy atom. The van der Waals surface area contributed by atoms with Crippen molar-refractivity contribution in [2.24, 2.45) is 5.92 Å². The van der Waals surface area contributed by atoms with Gasteiger partial charge in [0.25, 0.3) is 0 Å². The molecular weight excluding hydrogens is 208 g/mol. The molecule has 1 aliphatic rings. The smallest absolute Gasteiger partial charge is 0.243 e. The van der Waals surface area contributed by atoms with Crippen LogP contribution in [0.15, 0.2) is 0 Å². The highest BCUT2D eigenvalue weighted by atomic mass is 16.2. The fourth-order valence-electron chi connectivity index (χ4n) is 1.75. The summed E-state index contributed by atoms with van der Waals surface area (Å²) in [7, 11) is 0. The molecule has 5 heteroatoms. The van der Waals surface area contributed by atoms with Crippen molar-refractivity contribution in [1.29, 1.82) is 0 Å². The van der Waals surface area contributed by atoms with Crippen LogP contribution in [0.25, 0.3) is 0 Å². The van der Waals surface area contributed by atoms with Crippen LogP contribution in [-0.4, -0.2) is 30.2 Å². The summed E-state index contributed by atoms with van der Waals surface area (Å²) in [6, 6.07) is -0.924. The number of nitrogens with one attached hydrogen (secondary N) is 2. The molecule has 1 fully saturated rings. The molecule has 0 aromatic carbocycles. The van der Waals surface area contributed by atoms with Crippen LogP contribution >= 0.6 is 0 Å². The zero-order valence-corrected chi connectivity index (χ0v) is 9.66. The number of amides is 2. The summed E-state index contributed by atoms with van der Waals surface area (Å²) >= 11 is 0. The Labute approximate surface area is 95.0 Å². The van der Waals surface area contributed by atoms with Gasteiger partial charge in [0, 0.05) is 6.42 Å². The van der Waals surface area contributed by atoms with Crippen molar-refractivity contribution in [3.05, 3.63) is 0 Å². The van der Waals surface area contributed by atoms with Gasteiger partial charge in [-0.2, -0.15) is 0 Å². The fourth-order valence-corrected chi connectivity index (χ4v) is 1.75. The van der Waals surface area contributed by atoms with E-state index in [1.54, 1.807) is 0 Å². The van der Waals surface area contributed by atoms with Crippen LogP contribution in [-0.2, 0) is 14.4 Å². The normalized spacial score (nSPS) is 21.7. The maximum atomic E-state index is 11.7. The number of hydrogen-bond acceptors (Lipinski definition) is 3. The van der Waals surface area contributed by atoms with Crippen molar-refractivity contribution in [3.8, 4) is 0 Å². The molecule has 1 rings (SSSR count). The third-order valence-corrected chi connectivity index (χ3v) is 2.53. The molecular formula is C11H18N2O3. The Morgan fingerprint density at radius 3 is 2.75 bits per heavy atom. The molecule has 5 nitrogen and oxygen atoms in total. The molecule has 0 aromatic rings. The van der Waals surface area contributed by atoms with Gasteiger partial charge in [0.15, 0.2) is 0 Å². The zero-order chi connectivity index (χ0) is 12.1. The number of rotatable bonds is 5. The minimum absolute atomic E-state index is 0.105. The summed E-state index contributed by atoms with van der Waals surface area (Å²) in [5, 5.41) is 5.21. The number of carbonyl (C=O) groups excluding carboxylic acids is 3. The van der Waals surface area contributed by atoms with E-state index in [0.29, 0.717) is 25.2 Å². The van der Waals surface area contributed by atoms with E-state index in [1.807, 2.05) is 13.8 Å². The SMILES string of the molecule is CC(C)C[C@@H](C=O)NC(=O)[C@@H]1CCC(=O)N1. The Hall–Kier alpha value is -1.39. The first-order valence-electron chi connectivity index (χ1n) is 5.58. The van der Waals surface area contributed by atoms with Crippen molar-refractivity contribution in [2.45, 2.75) is 45.2 Å². The summed E-state index contributed by atoms with van der Waals surface area (Å²) in [5.41, 5.74) is 0. The van der Waals surface area contributed by atoms with E-state index in [1.165, 1.54) is 0 Å². The van der Waals surface area contributed by atoms with Gasteiger partial charge in [0.2, 0.25) is 11.8 Å². The molecule has 0 aromatic heterocycles. The second-order valence-corrected chi connectivity index (χ2v) is 4.54. The van der Waals surface area contributed by atoms with Crippen LogP contribution in [0.3, 0.4) is 0 Å². The lowest BCUT2D eigenvalue weighted by molar-refractivity contribution is -0.127. The van der Waals surface area contributed by atoms with E-state index >= 15 is 0 Å². The van der Waals surface area contributed by atoms with Gasteiger partial charge < -0.3 is 15.4 Å². The molecule has 1 saturated heterocycles. The number of aldehydes is 1. The molecule has 0 radical (unpaired) electrons. The highest BCUT2D eigenvalue weighted by Gasteiger charge is 2.28. The lowest BCUT2D eigenvalue weighted by Crippen LogP contribution is -2.46. The first-order valence-corrected chi connectivity index (χ1v) is 5.58. The summed E-state index contributed by atoms with van der Waals surface area (Å²) in [5.74, 6) is -0.0241. The molecule has 90 valence electrons. The lowest BCUT2D eigenvalue weighted by Gasteiger charge is -2.17. The van der Waals surface area contributed by atoms with Crippen LogP contribution < -0.4 is 10.6 Å². The second-order valence-electron chi connectivity index (χ2n) is 4.54. The Kier molecular flexibility index (Phi) is 4.46. The quantitative estimate of drug-likeness (QED) is 0.648. The average Bonchev–Trinajstić information content (AvgIpc) is 2.63. The van der Waals surface area contributed by atoms with Crippen molar-refractivity contribution in [2.75, 3.05) is 0 Å². The molecule has 1 heterocycles. The fraction of sp³-hybridized carbons (Fsp3) is 0.727. The minimum Gasteiger partial charge on any atom is -0.345 e. The molecule has 0 unspecified atom stereocenters. The highest BCUT2D eigenvalue weighted by molar-refractivity contribution is 5.91. The average molecular weight is 226 g/mol. The van der Waals surface area contributed by atoms with E-state index in [2.05, 4.69) is 10.6 Å². The van der Waals surface area contributed by atoms with Crippen LogP contribution in [0.1, 0.15) is 33.1 Å². The van der Waals surface area contributed by atoms with Crippen LogP contribution in [0.4, 0.5) is 0 Å². The van der Waals surface area contributed by atoms with E-state index in [9.17, 15) is 14.4 Å². The molecule has 0 saturated carbocycles. The molecule has 0 bridgehead atoms. The van der Waals surface area contributed by atoms with Gasteiger partial charge in [-0.05, 0) is 18.8 Å². The minimum atomic E-state index is -0.470. The lowest BCUT2D eigenvalue weighted by atomic mass is 10.0. The first-order chi connectivity index (χ1) is 7.52. The van der Waals surface area contributed by atoms with E-state index in [0.717, 1.165) is 6.29 Å². The Bertz CT molecular complexity index is 289. The maximum absolute atomic E-state index is 11.7. The third kappa shape index (κ3) is 3.64. The van der Waals surface area contributed by atoms with E-state index in [4.69, 9.17) is 0 Å². The second kappa shape index (κ2) is 5.63. The standard InChI is InChI=1S/C11H18N2O3/c1-7(2)5-8(6-14)12-11(16)9-3-4-10(15)13-9/h6-9H,3-5H2,1-2H3,(H,12,16)(H,13,15)/t8-,9-/m0/s1. The number of hydrogen-bond donors (Lipinski definition) is 2. The Balaban J connectivity index is 2.42. The van der Waals surface area contributed by atoms with Gasteiger partial charge in [0.05, 0.1) is 6.04 Å². The van der Waals surface area contributed by atoms with Gasteiger partial charge in [0.1, 0.15) is 12.3 Å². The van der Waals surface area contributed by atoms with Crippen LogP contribution in [0.2, 0.25) is 0 Å². The van der Waals surface area contributed by atoms with Gasteiger partial charge in [-0.1, -0.05) is 13.8 Å². The molecule has 0 spiro atoms. The van der Waals surface area contributed by atoms with Crippen molar-refractivity contribution >= 4 is 18.1 Å². The monoisotopic (exact) mass is 226 g/mol. The van der Waals surface area contributed by atoms with Crippen LogP contribution in [0, 0.1) is 5.92 Å². The third-order valence-electron chi connectivity index (χ3n) is 2.53. The largest absolute Gasteiger partial charge is 0.345 e. The van der Waals surface area contributed by atoms with Crippen molar-refractivity contribution < 1.29 is 14.4 Å². The zero-order valence-electron chi connectivity index (χ0n) is 9.66. The Morgan fingerprint density at radius 1 is 1.62 bits per heavy atom. The number of carbonyl (C=O) groups is 3. The summed E-state index contributed by atoms with van der Waals surface area (Å²) in [6.07, 6.45) is 2.26. The molecule has 2 N–H and O–H groups in total. The predicted molar refractivity (Wildman–Crippen MR) is 58.6 cm³/mol. The molecule has 2 atom stereocenters. The van der Waals surface area contributed by atoms with Gasteiger partial charge in [-0.3, -0.25) is 9.59 Å². The summed E-state index contributed by atoms with van der Waals surface area (Å²) in [6.45, 7) is 3.97. The molecule has 0 aliphatic carbocycles. The molecule has 2 amide bonds. The van der Waals surface area contributed by atoms with Crippen molar-refractivity contribution in [3.63, 3.8) is 0 Å². The van der Waals surface area contributed by atoms with E-state index < -0.39 is 12.1 Å². The first kappa shape index (κ1) is 12.7. The van der Waals surface area contributed by atoms with Crippen LogP contribution in [0.5, 0.6) is 0 Å². The summed E-state index contributed by atoms with van der Waals surface area (Å²) < 4.78 is 0. The van der Waals surface area contributed by atoms with E-state index in [-0.39, 0.29) is 11.8 Å². The highest BCUT2D eigenvalue weighted by Crippen LogP contribution is 2.08. The molecule has 1 aliphatic heterocycles. The topological polar surface area (TPSA) is 75.3 Å². The van der Waals surface area contributed by atoms with Crippen molar-refractivity contribution in [1.82, 2.24) is 10.6 Å². The van der Waals surface area contributed by atoms with Gasteiger partial charge in [-0.15, -0.1) is 0 Å². The maximum Gasteiger partial charge on any atom is 0.243 e.